The second-order valence-corrected chi connectivity index (χ2v) is 12.8. The predicted octanol–water partition coefficient (Wildman–Crippen LogP) is 5.31. The van der Waals surface area contributed by atoms with Crippen LogP contribution in [0.4, 0.5) is 5.69 Å². The van der Waals surface area contributed by atoms with E-state index in [0.29, 0.717) is 12.2 Å². The van der Waals surface area contributed by atoms with Gasteiger partial charge in [-0.1, -0.05) is 61.9 Å². The van der Waals surface area contributed by atoms with E-state index in [1.807, 2.05) is 71.9 Å². The Labute approximate surface area is 239 Å². The van der Waals surface area contributed by atoms with Crippen molar-refractivity contribution in [1.82, 2.24) is 10.2 Å². The van der Waals surface area contributed by atoms with Crippen LogP contribution in [0, 0.1) is 33.6 Å². The topological polar surface area (TPSA) is 86.8 Å². The van der Waals surface area contributed by atoms with Gasteiger partial charge in [0.15, 0.2) is 0 Å². The number of carbonyl (C=O) groups is 2. The number of amides is 2. The molecule has 1 N–H and O–H groups in total. The zero-order valence-electron chi connectivity index (χ0n) is 24.6. The number of rotatable bonds is 11. The second-order valence-electron chi connectivity index (χ2n) is 10.9. The number of nitrogens with one attached hydrogen (secondary N) is 1. The van der Waals surface area contributed by atoms with Crippen LogP contribution in [-0.4, -0.2) is 44.3 Å². The van der Waals surface area contributed by atoms with E-state index < -0.39 is 28.5 Å². The summed E-state index contributed by atoms with van der Waals surface area (Å²) in [5.74, 6) is -0.503. The Morgan fingerprint density at radius 3 is 2.00 bits per heavy atom. The minimum Gasteiger partial charge on any atom is -0.354 e. The van der Waals surface area contributed by atoms with Crippen LogP contribution in [0.1, 0.15) is 48.6 Å². The van der Waals surface area contributed by atoms with Gasteiger partial charge in [0.1, 0.15) is 12.6 Å². The van der Waals surface area contributed by atoms with Crippen molar-refractivity contribution in [1.29, 1.82) is 0 Å². The lowest BCUT2D eigenvalue weighted by atomic mass is 10.1. The molecule has 7 nitrogen and oxygen atoms in total. The fraction of sp³-hybridized carbons (Fsp3) is 0.375. The molecule has 0 saturated carbocycles. The van der Waals surface area contributed by atoms with Crippen LogP contribution in [-0.2, 0) is 26.2 Å². The van der Waals surface area contributed by atoms with Crippen molar-refractivity contribution in [3.63, 3.8) is 0 Å². The van der Waals surface area contributed by atoms with Crippen molar-refractivity contribution in [2.45, 2.75) is 65.9 Å². The van der Waals surface area contributed by atoms with E-state index in [1.165, 1.54) is 4.90 Å². The molecule has 0 aliphatic rings. The number of sulfonamides is 1. The Bertz CT molecular complexity index is 1430. The van der Waals surface area contributed by atoms with Crippen molar-refractivity contribution < 1.29 is 18.0 Å². The molecule has 0 saturated heterocycles. The maximum atomic E-state index is 14.1. The molecule has 0 bridgehead atoms. The average molecular weight is 564 g/mol. The highest BCUT2D eigenvalue weighted by atomic mass is 32.2. The molecular formula is C32H41N3O4S. The zero-order chi connectivity index (χ0) is 29.6. The van der Waals surface area contributed by atoms with Crippen LogP contribution in [0.25, 0.3) is 0 Å². The number of aryl methyl sites for hydroxylation is 4. The highest BCUT2D eigenvalue weighted by Gasteiger charge is 2.33. The molecule has 0 fully saturated rings. The lowest BCUT2D eigenvalue weighted by Crippen LogP contribution is -2.51. The molecule has 1 atom stereocenters. The molecule has 3 rings (SSSR count). The first kappa shape index (κ1) is 30.9. The van der Waals surface area contributed by atoms with Gasteiger partial charge in [-0.05, 0) is 87.1 Å². The third kappa shape index (κ3) is 7.72. The number of benzene rings is 3. The molecule has 0 unspecified atom stereocenters. The summed E-state index contributed by atoms with van der Waals surface area (Å²) < 4.78 is 29.1. The van der Waals surface area contributed by atoms with Crippen molar-refractivity contribution in [3.8, 4) is 0 Å². The van der Waals surface area contributed by atoms with Gasteiger partial charge >= 0.3 is 0 Å². The molecule has 3 aromatic carbocycles. The first-order chi connectivity index (χ1) is 18.8. The van der Waals surface area contributed by atoms with E-state index in [1.54, 1.807) is 43.3 Å². The van der Waals surface area contributed by atoms with E-state index in [2.05, 4.69) is 5.32 Å². The van der Waals surface area contributed by atoms with Gasteiger partial charge in [0.2, 0.25) is 11.8 Å². The summed E-state index contributed by atoms with van der Waals surface area (Å²) in [6, 6.07) is 18.9. The normalized spacial score (nSPS) is 12.2. The predicted molar refractivity (Wildman–Crippen MR) is 161 cm³/mol. The molecule has 0 heterocycles. The summed E-state index contributed by atoms with van der Waals surface area (Å²) in [7, 11) is -4.10. The van der Waals surface area contributed by atoms with Gasteiger partial charge in [-0.2, -0.15) is 0 Å². The number of nitrogens with zero attached hydrogens (tertiary/aromatic N) is 2. The molecular weight excluding hydrogens is 522 g/mol. The molecule has 0 radical (unpaired) electrons. The first-order valence-corrected chi connectivity index (χ1v) is 15.0. The number of hydrogen-bond acceptors (Lipinski definition) is 4. The number of hydrogen-bond donors (Lipinski definition) is 1. The maximum absolute atomic E-state index is 14.1. The van der Waals surface area contributed by atoms with Crippen LogP contribution in [0.15, 0.2) is 71.6 Å². The summed E-state index contributed by atoms with van der Waals surface area (Å²) >= 11 is 0. The molecule has 8 heteroatoms. The summed E-state index contributed by atoms with van der Waals surface area (Å²) in [6.45, 7) is 13.5. The van der Waals surface area contributed by atoms with Crippen LogP contribution in [0.3, 0.4) is 0 Å². The van der Waals surface area contributed by atoms with E-state index in [0.717, 1.165) is 32.1 Å². The summed E-state index contributed by atoms with van der Waals surface area (Å²) in [5, 5.41) is 2.91. The van der Waals surface area contributed by atoms with E-state index >= 15 is 0 Å². The lowest BCUT2D eigenvalue weighted by Gasteiger charge is -2.32. The zero-order valence-corrected chi connectivity index (χ0v) is 25.4. The SMILES string of the molecule is Cc1ccc(S(=O)(=O)N(CC(=O)N(Cc2ccccc2C)[C@H](C)C(=O)NCC(C)C)c2cc(C)cc(C)c2)cc1. The molecule has 0 aliphatic heterocycles. The Balaban J connectivity index is 2.06. The highest BCUT2D eigenvalue weighted by Crippen LogP contribution is 2.27. The van der Waals surface area contributed by atoms with Crippen molar-refractivity contribution in [2.75, 3.05) is 17.4 Å². The van der Waals surface area contributed by atoms with Crippen LogP contribution < -0.4 is 9.62 Å². The van der Waals surface area contributed by atoms with Gasteiger partial charge in [0, 0.05) is 13.1 Å². The van der Waals surface area contributed by atoms with Gasteiger partial charge in [0.25, 0.3) is 10.0 Å². The van der Waals surface area contributed by atoms with Crippen molar-refractivity contribution >= 4 is 27.5 Å². The first-order valence-electron chi connectivity index (χ1n) is 13.6. The van der Waals surface area contributed by atoms with E-state index in [9.17, 15) is 18.0 Å². The van der Waals surface area contributed by atoms with Crippen LogP contribution >= 0.6 is 0 Å². The Hall–Kier alpha value is -3.65. The average Bonchev–Trinajstić information content (AvgIpc) is 2.88. The summed E-state index contributed by atoms with van der Waals surface area (Å²) in [4.78, 5) is 28.8. The Morgan fingerprint density at radius 2 is 1.43 bits per heavy atom. The maximum Gasteiger partial charge on any atom is 0.264 e. The third-order valence-electron chi connectivity index (χ3n) is 6.84. The summed E-state index contributed by atoms with van der Waals surface area (Å²) in [5.41, 5.74) is 4.96. The minimum absolute atomic E-state index is 0.0956. The summed E-state index contributed by atoms with van der Waals surface area (Å²) in [6.07, 6.45) is 0. The van der Waals surface area contributed by atoms with Crippen LogP contribution in [0.5, 0.6) is 0 Å². The number of carbonyl (C=O) groups excluding carboxylic acids is 2. The molecule has 2 amide bonds. The molecule has 214 valence electrons. The largest absolute Gasteiger partial charge is 0.354 e. The van der Waals surface area contributed by atoms with Gasteiger partial charge < -0.3 is 10.2 Å². The molecule has 3 aromatic rings. The molecule has 40 heavy (non-hydrogen) atoms. The highest BCUT2D eigenvalue weighted by molar-refractivity contribution is 7.92. The minimum atomic E-state index is -4.10. The Kier molecular flexibility index (Phi) is 10.1. The van der Waals surface area contributed by atoms with Crippen molar-refractivity contribution in [3.05, 3.63) is 94.5 Å². The second kappa shape index (κ2) is 13.1. The molecule has 0 spiro atoms. The standard InChI is InChI=1S/C32H41N3O4S/c1-22(2)19-33-32(37)27(7)34(20-28-11-9-8-10-26(28)6)31(36)21-35(29-17-24(4)16-25(5)18-29)40(38,39)30-14-12-23(3)13-15-30/h8-18,22,27H,19-21H2,1-7H3,(H,33,37)/t27-/m1/s1. The van der Waals surface area contributed by atoms with Gasteiger partial charge in [-0.25, -0.2) is 8.42 Å². The van der Waals surface area contributed by atoms with E-state index in [4.69, 9.17) is 0 Å². The lowest BCUT2D eigenvalue weighted by molar-refractivity contribution is -0.139. The van der Waals surface area contributed by atoms with Gasteiger partial charge in [-0.3, -0.25) is 13.9 Å². The number of anilines is 1. The fourth-order valence-electron chi connectivity index (χ4n) is 4.47. The third-order valence-corrected chi connectivity index (χ3v) is 8.62. The molecule has 0 aliphatic carbocycles. The van der Waals surface area contributed by atoms with Crippen LogP contribution in [0.2, 0.25) is 0 Å². The van der Waals surface area contributed by atoms with Gasteiger partial charge in [-0.15, -0.1) is 0 Å². The smallest absolute Gasteiger partial charge is 0.264 e. The van der Waals surface area contributed by atoms with E-state index in [-0.39, 0.29) is 23.3 Å². The monoisotopic (exact) mass is 563 g/mol. The van der Waals surface area contributed by atoms with Crippen molar-refractivity contribution in [2.24, 2.45) is 5.92 Å². The van der Waals surface area contributed by atoms with Gasteiger partial charge in [0.05, 0.1) is 10.6 Å². The fourth-order valence-corrected chi connectivity index (χ4v) is 5.86. The Morgan fingerprint density at radius 1 is 0.825 bits per heavy atom. The quantitative estimate of drug-likeness (QED) is 0.343. The molecule has 0 aromatic heterocycles.